The Morgan fingerprint density at radius 1 is 1.07 bits per heavy atom. The minimum absolute atomic E-state index is 0.957. The van der Waals surface area contributed by atoms with Crippen LogP contribution >= 0.6 is 0 Å². The Hall–Kier alpha value is -0.760. The Morgan fingerprint density at radius 2 is 1.87 bits per heavy atom. The van der Waals surface area contributed by atoms with Gasteiger partial charge in [-0.2, -0.15) is 0 Å². The Morgan fingerprint density at radius 3 is 2.60 bits per heavy atom. The van der Waals surface area contributed by atoms with E-state index in [0.29, 0.717) is 0 Å². The third-order valence-corrected chi connectivity index (χ3v) is 3.98. The third-order valence-electron chi connectivity index (χ3n) is 2.37. The molecule has 15 heavy (non-hydrogen) atoms. The molecule has 0 unspecified atom stereocenters. The van der Waals surface area contributed by atoms with Gasteiger partial charge in [0.25, 0.3) is 0 Å². The van der Waals surface area contributed by atoms with Gasteiger partial charge in [0.1, 0.15) is 0 Å². The summed E-state index contributed by atoms with van der Waals surface area (Å²) >= 11 is 1.17. The molecule has 2 aromatic rings. The summed E-state index contributed by atoms with van der Waals surface area (Å²) in [6.45, 7) is 2.04. The van der Waals surface area contributed by atoms with E-state index in [4.69, 9.17) is 0 Å². The van der Waals surface area contributed by atoms with E-state index in [-0.39, 0.29) is 0 Å². The molecule has 0 aliphatic heterocycles. The van der Waals surface area contributed by atoms with E-state index in [9.17, 15) is 0 Å². The van der Waals surface area contributed by atoms with Crippen LogP contribution in [0.15, 0.2) is 42.5 Å². The molecular formula is C13H12InN. The number of hydrogen-bond acceptors (Lipinski definition) is 1. The van der Waals surface area contributed by atoms with Gasteiger partial charge in [-0.1, -0.05) is 0 Å². The molecule has 72 valence electrons. The molecular weight excluding hydrogens is 285 g/mol. The summed E-state index contributed by atoms with van der Waals surface area (Å²) < 4.78 is 1.46. The van der Waals surface area contributed by atoms with E-state index in [2.05, 4.69) is 41.4 Å². The molecule has 1 aromatic heterocycles. The van der Waals surface area contributed by atoms with Crippen LogP contribution in [-0.2, 0) is 6.42 Å². The number of hydrogen-bond donors (Lipinski definition) is 0. The van der Waals surface area contributed by atoms with Gasteiger partial charge in [0, 0.05) is 0 Å². The van der Waals surface area contributed by atoms with Crippen LogP contribution in [0.2, 0.25) is 0 Å². The fourth-order valence-electron chi connectivity index (χ4n) is 1.59. The first-order chi connectivity index (χ1) is 7.25. The molecule has 0 spiro atoms. The Bertz CT molecular complexity index is 466. The second kappa shape index (κ2) is 4.84. The molecule has 1 heterocycles. The van der Waals surface area contributed by atoms with Crippen LogP contribution in [0.1, 0.15) is 17.0 Å². The van der Waals surface area contributed by atoms with E-state index >= 15 is 0 Å². The first-order valence-electron chi connectivity index (χ1n) is 5.01. The SMILES string of the molecule is Cc1cccc(Cc2cccc[c]2[In])n1. The molecule has 2 radical (unpaired) electrons. The van der Waals surface area contributed by atoms with Crippen molar-refractivity contribution in [2.75, 3.05) is 0 Å². The van der Waals surface area contributed by atoms with E-state index in [1.54, 1.807) is 0 Å². The number of pyridine rings is 1. The molecule has 1 aromatic carbocycles. The van der Waals surface area contributed by atoms with Crippen molar-refractivity contribution in [3.05, 3.63) is 59.4 Å². The molecule has 0 aliphatic rings. The summed E-state index contributed by atoms with van der Waals surface area (Å²) in [7, 11) is 0. The maximum atomic E-state index is 4.52. The van der Waals surface area contributed by atoms with E-state index < -0.39 is 0 Å². The van der Waals surface area contributed by atoms with Gasteiger partial charge >= 0.3 is 105 Å². The van der Waals surface area contributed by atoms with Crippen LogP contribution in [0.5, 0.6) is 0 Å². The van der Waals surface area contributed by atoms with E-state index in [1.165, 1.54) is 33.3 Å². The van der Waals surface area contributed by atoms with Crippen LogP contribution in [-0.4, -0.2) is 29.4 Å². The predicted molar refractivity (Wildman–Crippen MR) is 63.6 cm³/mol. The van der Waals surface area contributed by atoms with Gasteiger partial charge in [0.2, 0.25) is 0 Å². The predicted octanol–water partition coefficient (Wildman–Crippen LogP) is 1.77. The van der Waals surface area contributed by atoms with Crippen molar-refractivity contribution in [1.29, 1.82) is 0 Å². The summed E-state index contributed by atoms with van der Waals surface area (Å²) in [4.78, 5) is 4.52. The number of nitrogens with zero attached hydrogens (tertiary/aromatic N) is 1. The second-order valence-electron chi connectivity index (χ2n) is 3.65. The third kappa shape index (κ3) is 2.85. The van der Waals surface area contributed by atoms with Gasteiger partial charge in [-0.05, 0) is 0 Å². The molecule has 2 rings (SSSR count). The summed E-state index contributed by atoms with van der Waals surface area (Å²) in [5.41, 5.74) is 3.67. The van der Waals surface area contributed by atoms with Gasteiger partial charge in [-0.25, -0.2) is 0 Å². The van der Waals surface area contributed by atoms with Crippen molar-refractivity contribution < 1.29 is 0 Å². The average molecular weight is 297 g/mol. The standard InChI is InChI=1S/C13H12N.In/c1-11-6-5-9-13(14-11)10-12-7-3-2-4-8-12;/h2-7,9H,10H2,1H3;. The van der Waals surface area contributed by atoms with Gasteiger partial charge in [-0.3, -0.25) is 0 Å². The number of aromatic nitrogens is 1. The summed E-state index contributed by atoms with van der Waals surface area (Å²) in [5.74, 6) is 0. The number of benzene rings is 1. The van der Waals surface area contributed by atoms with Crippen molar-refractivity contribution >= 4 is 27.7 Å². The van der Waals surface area contributed by atoms with Crippen LogP contribution in [0, 0.1) is 6.92 Å². The van der Waals surface area contributed by atoms with Gasteiger partial charge in [0.15, 0.2) is 0 Å². The van der Waals surface area contributed by atoms with E-state index in [0.717, 1.165) is 17.8 Å². The normalized spacial score (nSPS) is 10.2. The van der Waals surface area contributed by atoms with E-state index in [1.807, 2.05) is 13.0 Å². The molecule has 0 saturated carbocycles. The van der Waals surface area contributed by atoms with Crippen molar-refractivity contribution in [2.24, 2.45) is 0 Å². The van der Waals surface area contributed by atoms with Crippen molar-refractivity contribution in [3.8, 4) is 0 Å². The maximum absolute atomic E-state index is 4.52. The van der Waals surface area contributed by atoms with Crippen molar-refractivity contribution in [1.82, 2.24) is 4.98 Å². The van der Waals surface area contributed by atoms with Crippen LogP contribution < -0.4 is 3.32 Å². The molecule has 0 bridgehead atoms. The summed E-state index contributed by atoms with van der Waals surface area (Å²) in [5, 5.41) is 0. The van der Waals surface area contributed by atoms with Crippen LogP contribution in [0.25, 0.3) is 0 Å². The molecule has 0 N–H and O–H groups in total. The first-order valence-corrected chi connectivity index (χ1v) is 6.66. The zero-order valence-electron chi connectivity index (χ0n) is 8.77. The molecule has 0 amide bonds. The van der Waals surface area contributed by atoms with Gasteiger partial charge < -0.3 is 0 Å². The monoisotopic (exact) mass is 297 g/mol. The molecule has 2 heteroatoms. The van der Waals surface area contributed by atoms with Crippen LogP contribution in [0.3, 0.4) is 0 Å². The average Bonchev–Trinajstić information content (AvgIpc) is 2.22. The molecule has 0 aliphatic carbocycles. The molecule has 0 saturated heterocycles. The van der Waals surface area contributed by atoms with Gasteiger partial charge in [0.05, 0.1) is 0 Å². The number of rotatable bonds is 2. The fourth-order valence-corrected chi connectivity index (χ4v) is 2.47. The first kappa shape index (κ1) is 10.7. The fraction of sp³-hybridized carbons (Fsp3) is 0.154. The number of aryl methyl sites for hydroxylation is 1. The van der Waals surface area contributed by atoms with Gasteiger partial charge in [-0.15, -0.1) is 0 Å². The molecule has 0 atom stereocenters. The Balaban J connectivity index is 2.26. The van der Waals surface area contributed by atoms with Crippen LogP contribution in [0.4, 0.5) is 0 Å². The zero-order valence-corrected chi connectivity index (χ0v) is 12.1. The minimum atomic E-state index is 0.957. The summed E-state index contributed by atoms with van der Waals surface area (Å²) in [6.07, 6.45) is 0.957. The van der Waals surface area contributed by atoms with Crippen molar-refractivity contribution in [2.45, 2.75) is 13.3 Å². The second-order valence-corrected chi connectivity index (χ2v) is 5.42. The Labute approximate surface area is 105 Å². The Kier molecular flexibility index (Phi) is 3.47. The summed E-state index contributed by atoms with van der Waals surface area (Å²) in [6, 6.07) is 14.8. The molecule has 1 nitrogen and oxygen atoms in total. The topological polar surface area (TPSA) is 12.9 Å². The molecule has 0 fully saturated rings. The quantitative estimate of drug-likeness (QED) is 0.823. The van der Waals surface area contributed by atoms with Crippen molar-refractivity contribution in [3.63, 3.8) is 0 Å². The zero-order chi connectivity index (χ0) is 10.7.